The first kappa shape index (κ1) is 13.4. The van der Waals surface area contributed by atoms with Gasteiger partial charge in [0.2, 0.25) is 0 Å². The smallest absolute Gasteiger partial charge is 0.328 e. The minimum absolute atomic E-state index is 0.556. The van der Waals surface area contributed by atoms with Gasteiger partial charge >= 0.3 is 5.97 Å². The van der Waals surface area contributed by atoms with Crippen molar-refractivity contribution in [3.63, 3.8) is 0 Å². The van der Waals surface area contributed by atoms with Crippen LogP contribution in [0, 0.1) is 0 Å². The van der Waals surface area contributed by atoms with Gasteiger partial charge in [0.05, 0.1) is 10.7 Å². The molecule has 5 heteroatoms. The van der Waals surface area contributed by atoms with Crippen LogP contribution in [0.4, 0.5) is 0 Å². The van der Waals surface area contributed by atoms with Crippen LogP contribution in [-0.4, -0.2) is 20.6 Å². The summed E-state index contributed by atoms with van der Waals surface area (Å²) >= 11 is 6.24. The van der Waals surface area contributed by atoms with Gasteiger partial charge < -0.3 is 9.67 Å². The number of carboxylic acid groups (broad SMARTS) is 1. The molecule has 0 aliphatic rings. The van der Waals surface area contributed by atoms with E-state index in [4.69, 9.17) is 16.7 Å². The second-order valence-electron chi connectivity index (χ2n) is 3.95. The summed E-state index contributed by atoms with van der Waals surface area (Å²) in [6.07, 6.45) is 6.98. The number of aromatic nitrogens is 2. The Balaban J connectivity index is 2.37. The molecule has 0 spiro atoms. The van der Waals surface area contributed by atoms with E-state index in [1.54, 1.807) is 12.3 Å². The maximum atomic E-state index is 10.5. The second kappa shape index (κ2) is 5.71. The van der Waals surface area contributed by atoms with Crippen molar-refractivity contribution in [2.24, 2.45) is 0 Å². The molecule has 1 aromatic carbocycles. The molecule has 1 aromatic heterocycles. The van der Waals surface area contributed by atoms with Gasteiger partial charge in [0, 0.05) is 24.9 Å². The van der Waals surface area contributed by atoms with E-state index in [0.29, 0.717) is 5.02 Å². The summed E-state index contributed by atoms with van der Waals surface area (Å²) in [6.45, 7) is 2.02. The van der Waals surface area contributed by atoms with Crippen LogP contribution in [-0.2, 0) is 11.2 Å². The van der Waals surface area contributed by atoms with Crippen molar-refractivity contribution in [3.8, 4) is 5.69 Å². The summed E-state index contributed by atoms with van der Waals surface area (Å²) in [5.41, 5.74) is 1.58. The molecule has 19 heavy (non-hydrogen) atoms. The van der Waals surface area contributed by atoms with Crippen LogP contribution in [0.2, 0.25) is 5.02 Å². The van der Waals surface area contributed by atoms with Gasteiger partial charge in [0.25, 0.3) is 0 Å². The minimum atomic E-state index is -0.983. The van der Waals surface area contributed by atoms with E-state index in [9.17, 15) is 4.79 Å². The van der Waals surface area contributed by atoms with Gasteiger partial charge in [0.1, 0.15) is 5.82 Å². The summed E-state index contributed by atoms with van der Waals surface area (Å²) < 4.78 is 1.92. The predicted molar refractivity (Wildman–Crippen MR) is 74.6 cm³/mol. The monoisotopic (exact) mass is 276 g/mol. The molecule has 2 rings (SSSR count). The van der Waals surface area contributed by atoms with Gasteiger partial charge in [-0.05, 0) is 23.8 Å². The average molecular weight is 277 g/mol. The number of halogens is 1. The maximum Gasteiger partial charge on any atom is 0.328 e. The van der Waals surface area contributed by atoms with Crippen molar-refractivity contribution in [2.75, 3.05) is 0 Å². The van der Waals surface area contributed by atoms with Gasteiger partial charge in [0.15, 0.2) is 0 Å². The Bertz CT molecular complexity index is 632. The van der Waals surface area contributed by atoms with E-state index >= 15 is 0 Å². The molecule has 1 heterocycles. The van der Waals surface area contributed by atoms with Crippen molar-refractivity contribution in [1.29, 1.82) is 0 Å². The Morgan fingerprint density at radius 1 is 1.53 bits per heavy atom. The van der Waals surface area contributed by atoms with Crippen molar-refractivity contribution in [2.45, 2.75) is 13.3 Å². The van der Waals surface area contributed by atoms with Crippen LogP contribution >= 0.6 is 11.6 Å². The molecule has 2 aromatic rings. The van der Waals surface area contributed by atoms with E-state index < -0.39 is 5.97 Å². The largest absolute Gasteiger partial charge is 0.478 e. The van der Waals surface area contributed by atoms with Crippen molar-refractivity contribution in [1.82, 2.24) is 9.55 Å². The van der Waals surface area contributed by atoms with Gasteiger partial charge in [-0.3, -0.25) is 0 Å². The van der Waals surface area contributed by atoms with Gasteiger partial charge in [-0.2, -0.15) is 0 Å². The van der Waals surface area contributed by atoms with Gasteiger partial charge in [-0.15, -0.1) is 0 Å². The highest BCUT2D eigenvalue weighted by atomic mass is 35.5. The molecule has 0 radical (unpaired) electrons. The third-order valence-electron chi connectivity index (χ3n) is 2.68. The van der Waals surface area contributed by atoms with E-state index in [0.717, 1.165) is 29.6 Å². The van der Waals surface area contributed by atoms with E-state index in [1.165, 1.54) is 6.08 Å². The third-order valence-corrected chi connectivity index (χ3v) is 2.99. The molecular formula is C14H13ClN2O2. The molecule has 0 atom stereocenters. The first-order valence-electron chi connectivity index (χ1n) is 5.85. The summed E-state index contributed by atoms with van der Waals surface area (Å²) in [5, 5.41) is 9.14. The lowest BCUT2D eigenvalue weighted by Crippen LogP contribution is -1.99. The van der Waals surface area contributed by atoms with Crippen molar-refractivity contribution >= 4 is 23.6 Å². The van der Waals surface area contributed by atoms with Crippen LogP contribution in [0.15, 0.2) is 36.7 Å². The molecule has 0 saturated carbocycles. The average Bonchev–Trinajstić information content (AvgIpc) is 2.84. The van der Waals surface area contributed by atoms with Gasteiger partial charge in [-0.1, -0.05) is 24.6 Å². The number of rotatable bonds is 4. The molecular weight excluding hydrogens is 264 g/mol. The molecule has 0 aliphatic heterocycles. The number of aryl methyl sites for hydroxylation is 1. The van der Waals surface area contributed by atoms with Gasteiger partial charge in [-0.25, -0.2) is 9.78 Å². The first-order chi connectivity index (χ1) is 9.11. The Morgan fingerprint density at radius 3 is 2.95 bits per heavy atom. The number of aliphatic carboxylic acids is 1. The Labute approximate surface area is 116 Å². The Kier molecular flexibility index (Phi) is 4.02. The lowest BCUT2D eigenvalue weighted by atomic mass is 10.2. The fraction of sp³-hybridized carbons (Fsp3) is 0.143. The SMILES string of the molecule is CCc1nccn1-c1ccc(/C=C/C(=O)O)cc1Cl. The molecule has 0 amide bonds. The van der Waals surface area contributed by atoms with Crippen LogP contribution in [0.25, 0.3) is 11.8 Å². The molecule has 0 saturated heterocycles. The second-order valence-corrected chi connectivity index (χ2v) is 4.36. The zero-order valence-electron chi connectivity index (χ0n) is 10.4. The molecule has 4 nitrogen and oxygen atoms in total. The highest BCUT2D eigenvalue weighted by Crippen LogP contribution is 2.23. The van der Waals surface area contributed by atoms with E-state index in [-0.39, 0.29) is 0 Å². The van der Waals surface area contributed by atoms with E-state index in [1.807, 2.05) is 29.8 Å². The van der Waals surface area contributed by atoms with Crippen LogP contribution in [0.3, 0.4) is 0 Å². The lowest BCUT2D eigenvalue weighted by Gasteiger charge is -2.09. The van der Waals surface area contributed by atoms with Crippen LogP contribution in [0.1, 0.15) is 18.3 Å². The number of carboxylic acids is 1. The first-order valence-corrected chi connectivity index (χ1v) is 6.22. The van der Waals surface area contributed by atoms with Crippen molar-refractivity contribution in [3.05, 3.63) is 53.1 Å². The van der Waals surface area contributed by atoms with E-state index in [2.05, 4.69) is 4.98 Å². The summed E-state index contributed by atoms with van der Waals surface area (Å²) in [6, 6.07) is 5.40. The molecule has 98 valence electrons. The molecule has 0 aliphatic carbocycles. The number of carbonyl (C=O) groups is 1. The topological polar surface area (TPSA) is 55.1 Å². The Morgan fingerprint density at radius 2 is 2.32 bits per heavy atom. The number of hydrogen-bond acceptors (Lipinski definition) is 2. The van der Waals surface area contributed by atoms with Crippen LogP contribution in [0.5, 0.6) is 0 Å². The number of hydrogen-bond donors (Lipinski definition) is 1. The standard InChI is InChI=1S/C14H13ClN2O2/c1-2-13-16-7-8-17(13)12-5-3-10(9-11(12)15)4-6-14(18)19/h3-9H,2H2,1H3,(H,18,19)/b6-4+. The molecule has 0 bridgehead atoms. The fourth-order valence-electron chi connectivity index (χ4n) is 1.80. The number of imidazole rings is 1. The Hall–Kier alpha value is -2.07. The lowest BCUT2D eigenvalue weighted by molar-refractivity contribution is -0.131. The summed E-state index contributed by atoms with van der Waals surface area (Å²) in [4.78, 5) is 14.7. The fourth-order valence-corrected chi connectivity index (χ4v) is 2.08. The molecule has 1 N–H and O–H groups in total. The molecule has 0 fully saturated rings. The summed E-state index contributed by atoms with van der Waals surface area (Å²) in [5.74, 6) is -0.0567. The number of benzene rings is 1. The zero-order valence-corrected chi connectivity index (χ0v) is 11.1. The zero-order chi connectivity index (χ0) is 13.8. The number of nitrogens with zero attached hydrogens (tertiary/aromatic N) is 2. The normalized spacial score (nSPS) is 11.1. The van der Waals surface area contributed by atoms with Crippen LogP contribution < -0.4 is 0 Å². The summed E-state index contributed by atoms with van der Waals surface area (Å²) in [7, 11) is 0. The highest BCUT2D eigenvalue weighted by molar-refractivity contribution is 6.32. The predicted octanol–water partition coefficient (Wildman–Crippen LogP) is 3.19. The quantitative estimate of drug-likeness (QED) is 0.873. The third kappa shape index (κ3) is 3.03. The highest BCUT2D eigenvalue weighted by Gasteiger charge is 2.07. The van der Waals surface area contributed by atoms with Crippen molar-refractivity contribution < 1.29 is 9.90 Å². The maximum absolute atomic E-state index is 10.5. The minimum Gasteiger partial charge on any atom is -0.478 e. The molecule has 0 unspecified atom stereocenters.